The van der Waals surface area contributed by atoms with E-state index >= 15 is 0 Å². The number of ether oxygens (including phenoxy) is 1. The van der Waals surface area contributed by atoms with Gasteiger partial charge in [0, 0.05) is 19.8 Å². The van der Waals surface area contributed by atoms with Crippen molar-refractivity contribution in [2.24, 2.45) is 0 Å². The fourth-order valence-corrected chi connectivity index (χ4v) is 1.35. The molecule has 0 aliphatic carbocycles. The van der Waals surface area contributed by atoms with Crippen LogP contribution in [0.25, 0.3) is 0 Å². The largest absolute Gasteiger partial charge is 0.455 e. The topological polar surface area (TPSA) is 72.6 Å². The second-order valence-corrected chi connectivity index (χ2v) is 4.29. The molecule has 1 aromatic rings. The zero-order valence-electron chi connectivity index (χ0n) is 10.8. The molecular weight excluding hydrogens is 232 g/mol. The molecule has 0 heterocycles. The first kappa shape index (κ1) is 14.0. The molecule has 0 saturated carbocycles. The fourth-order valence-electron chi connectivity index (χ4n) is 1.35. The number of hydrogen-bond acceptors (Lipinski definition) is 4. The van der Waals surface area contributed by atoms with Gasteiger partial charge in [-0.25, -0.2) is 0 Å². The Hall–Kier alpha value is -2.04. The number of nitrogens with zero attached hydrogens (tertiary/aromatic N) is 1. The van der Waals surface area contributed by atoms with Gasteiger partial charge in [-0.3, -0.25) is 9.59 Å². The van der Waals surface area contributed by atoms with E-state index in [9.17, 15) is 9.59 Å². The van der Waals surface area contributed by atoms with Crippen molar-refractivity contribution < 1.29 is 14.3 Å². The Morgan fingerprint density at radius 1 is 1.39 bits per heavy atom. The molecule has 1 atom stereocenters. The summed E-state index contributed by atoms with van der Waals surface area (Å²) >= 11 is 0. The molecule has 1 rings (SSSR count). The average Bonchev–Trinajstić information content (AvgIpc) is 2.34. The lowest BCUT2D eigenvalue weighted by Crippen LogP contribution is -2.28. The van der Waals surface area contributed by atoms with Crippen LogP contribution in [0.1, 0.15) is 18.4 Å². The van der Waals surface area contributed by atoms with Crippen LogP contribution in [0.15, 0.2) is 24.3 Å². The monoisotopic (exact) mass is 250 g/mol. The summed E-state index contributed by atoms with van der Waals surface area (Å²) in [6, 6.07) is 7.05. The molecule has 0 aromatic heterocycles. The smallest absolute Gasteiger partial charge is 0.313 e. The minimum Gasteiger partial charge on any atom is -0.455 e. The molecule has 5 nitrogen and oxygen atoms in total. The van der Waals surface area contributed by atoms with Crippen molar-refractivity contribution in [1.29, 1.82) is 0 Å². The van der Waals surface area contributed by atoms with Gasteiger partial charge < -0.3 is 15.4 Å². The van der Waals surface area contributed by atoms with Crippen molar-refractivity contribution in [1.82, 2.24) is 4.90 Å². The first-order valence-corrected chi connectivity index (χ1v) is 5.64. The molecule has 98 valence electrons. The number of anilines is 1. The van der Waals surface area contributed by atoms with Crippen molar-refractivity contribution in [3.05, 3.63) is 29.8 Å². The highest BCUT2D eigenvalue weighted by atomic mass is 16.5. The van der Waals surface area contributed by atoms with Crippen molar-refractivity contribution in [2.45, 2.75) is 12.8 Å². The average molecular weight is 250 g/mol. The number of rotatable bonds is 4. The van der Waals surface area contributed by atoms with Crippen molar-refractivity contribution in [3.8, 4) is 0 Å². The summed E-state index contributed by atoms with van der Waals surface area (Å²) in [4.78, 5) is 24.4. The molecule has 2 N–H and O–H groups in total. The molecule has 0 saturated heterocycles. The Labute approximate surface area is 107 Å². The van der Waals surface area contributed by atoms with E-state index in [2.05, 4.69) is 0 Å². The van der Waals surface area contributed by atoms with E-state index in [0.717, 1.165) is 5.56 Å². The highest BCUT2D eigenvalue weighted by Crippen LogP contribution is 2.18. The van der Waals surface area contributed by atoms with E-state index in [-0.39, 0.29) is 12.5 Å². The second kappa shape index (κ2) is 6.05. The van der Waals surface area contributed by atoms with Crippen molar-refractivity contribution in [3.63, 3.8) is 0 Å². The first-order valence-electron chi connectivity index (χ1n) is 5.64. The van der Waals surface area contributed by atoms with E-state index in [1.165, 1.54) is 4.90 Å². The zero-order chi connectivity index (χ0) is 13.7. The van der Waals surface area contributed by atoms with Gasteiger partial charge in [-0.1, -0.05) is 12.1 Å². The van der Waals surface area contributed by atoms with E-state index in [0.29, 0.717) is 5.69 Å². The van der Waals surface area contributed by atoms with Crippen LogP contribution in [0, 0.1) is 0 Å². The molecule has 0 spiro atoms. The molecule has 1 aromatic carbocycles. The summed E-state index contributed by atoms with van der Waals surface area (Å²) in [6.07, 6.45) is 0. The van der Waals surface area contributed by atoms with E-state index in [1.54, 1.807) is 45.3 Å². The Morgan fingerprint density at radius 2 is 2.06 bits per heavy atom. The van der Waals surface area contributed by atoms with Crippen LogP contribution < -0.4 is 5.73 Å². The molecular formula is C13H18N2O3. The quantitative estimate of drug-likeness (QED) is 0.639. The molecule has 1 amide bonds. The number of likely N-dealkylation sites (N-methyl/N-ethyl adjacent to an activating group) is 1. The van der Waals surface area contributed by atoms with Gasteiger partial charge >= 0.3 is 5.97 Å². The number of carbonyl (C=O) groups is 2. The maximum absolute atomic E-state index is 11.7. The van der Waals surface area contributed by atoms with E-state index < -0.39 is 11.9 Å². The predicted octanol–water partition coefficient (Wildman–Crippen LogP) is 1.00. The summed E-state index contributed by atoms with van der Waals surface area (Å²) in [5.74, 6) is -1.12. The van der Waals surface area contributed by atoms with Crippen LogP contribution in [0.5, 0.6) is 0 Å². The van der Waals surface area contributed by atoms with Gasteiger partial charge in [-0.2, -0.15) is 0 Å². The standard InChI is InChI=1S/C13H18N2O3/c1-9(10-5-4-6-11(14)7-10)13(17)18-8-12(16)15(2)3/h4-7,9H,8,14H2,1-3H3. The molecule has 5 heteroatoms. The maximum atomic E-state index is 11.7. The van der Waals surface area contributed by atoms with Gasteiger partial charge in [-0.05, 0) is 24.6 Å². The van der Waals surface area contributed by atoms with Crippen LogP contribution in [-0.4, -0.2) is 37.5 Å². The normalized spacial score (nSPS) is 11.7. The third kappa shape index (κ3) is 3.76. The fraction of sp³-hybridized carbons (Fsp3) is 0.385. The Morgan fingerprint density at radius 3 is 2.61 bits per heavy atom. The highest BCUT2D eigenvalue weighted by molar-refractivity contribution is 5.83. The highest BCUT2D eigenvalue weighted by Gasteiger charge is 2.18. The van der Waals surface area contributed by atoms with Crippen molar-refractivity contribution in [2.75, 3.05) is 26.4 Å². The summed E-state index contributed by atoms with van der Waals surface area (Å²) in [5.41, 5.74) is 7.01. The number of carbonyl (C=O) groups excluding carboxylic acids is 2. The van der Waals surface area contributed by atoms with Crippen LogP contribution in [-0.2, 0) is 14.3 Å². The van der Waals surface area contributed by atoms with Gasteiger partial charge in [0.1, 0.15) is 0 Å². The molecule has 0 radical (unpaired) electrons. The molecule has 0 aliphatic rings. The number of hydrogen-bond donors (Lipinski definition) is 1. The van der Waals surface area contributed by atoms with Gasteiger partial charge in [0.05, 0.1) is 5.92 Å². The van der Waals surface area contributed by atoms with E-state index in [1.807, 2.05) is 0 Å². The Bertz CT molecular complexity index is 444. The SMILES string of the molecule is CC(C(=O)OCC(=O)N(C)C)c1cccc(N)c1. The lowest BCUT2D eigenvalue weighted by atomic mass is 10.0. The molecule has 0 aliphatic heterocycles. The first-order chi connectivity index (χ1) is 8.41. The second-order valence-electron chi connectivity index (χ2n) is 4.29. The van der Waals surface area contributed by atoms with Crippen LogP contribution >= 0.6 is 0 Å². The lowest BCUT2D eigenvalue weighted by Gasteiger charge is -2.14. The molecule has 0 bridgehead atoms. The minimum absolute atomic E-state index is 0.238. The lowest BCUT2D eigenvalue weighted by molar-refractivity contribution is -0.152. The maximum Gasteiger partial charge on any atom is 0.313 e. The van der Waals surface area contributed by atoms with Crippen LogP contribution in [0.4, 0.5) is 5.69 Å². The van der Waals surface area contributed by atoms with Gasteiger partial charge in [0.25, 0.3) is 5.91 Å². The molecule has 18 heavy (non-hydrogen) atoms. The number of amides is 1. The predicted molar refractivity (Wildman–Crippen MR) is 68.9 cm³/mol. The summed E-state index contributed by atoms with van der Waals surface area (Å²) in [5, 5.41) is 0. The van der Waals surface area contributed by atoms with E-state index in [4.69, 9.17) is 10.5 Å². The third-order valence-corrected chi connectivity index (χ3v) is 2.60. The molecule has 1 unspecified atom stereocenters. The summed E-state index contributed by atoms with van der Waals surface area (Å²) < 4.78 is 4.95. The number of benzene rings is 1. The molecule has 0 fully saturated rings. The number of nitrogens with two attached hydrogens (primary N) is 1. The Kier molecular flexibility index (Phi) is 4.71. The Balaban J connectivity index is 2.59. The van der Waals surface area contributed by atoms with Crippen molar-refractivity contribution >= 4 is 17.6 Å². The van der Waals surface area contributed by atoms with Gasteiger partial charge in [0.15, 0.2) is 6.61 Å². The minimum atomic E-state index is -0.441. The summed E-state index contributed by atoms with van der Waals surface area (Å²) in [7, 11) is 3.22. The number of nitrogen functional groups attached to an aromatic ring is 1. The van der Waals surface area contributed by atoms with Crippen LogP contribution in [0.3, 0.4) is 0 Å². The van der Waals surface area contributed by atoms with Crippen LogP contribution in [0.2, 0.25) is 0 Å². The zero-order valence-corrected chi connectivity index (χ0v) is 10.8. The van der Waals surface area contributed by atoms with Gasteiger partial charge in [-0.15, -0.1) is 0 Å². The third-order valence-electron chi connectivity index (χ3n) is 2.60. The number of esters is 1. The van der Waals surface area contributed by atoms with Gasteiger partial charge in [0.2, 0.25) is 0 Å². The summed E-state index contributed by atoms with van der Waals surface area (Å²) in [6.45, 7) is 1.48.